The molecule has 0 aliphatic carbocycles. The number of aryl methyl sites for hydroxylation is 1. The highest BCUT2D eigenvalue weighted by Gasteiger charge is 2.15. The van der Waals surface area contributed by atoms with Crippen LogP contribution >= 0.6 is 0 Å². The number of benzene rings is 1. The normalized spacial score (nSPS) is 13.8. The quantitative estimate of drug-likeness (QED) is 0.763. The topological polar surface area (TPSA) is 79.9 Å². The van der Waals surface area contributed by atoms with Gasteiger partial charge in [0.2, 0.25) is 0 Å². The number of aliphatic hydroxyl groups is 2. The van der Waals surface area contributed by atoms with Gasteiger partial charge >= 0.3 is 5.97 Å². The maximum Gasteiger partial charge on any atom is 0.308 e. The van der Waals surface area contributed by atoms with Crippen molar-refractivity contribution in [3.8, 4) is 11.1 Å². The Labute approximate surface area is 141 Å². The van der Waals surface area contributed by atoms with E-state index in [0.29, 0.717) is 5.76 Å². The van der Waals surface area contributed by atoms with E-state index in [1.54, 1.807) is 12.2 Å². The molecule has 0 radical (unpaired) electrons. The Morgan fingerprint density at radius 1 is 1.29 bits per heavy atom. The average molecular weight is 330 g/mol. The number of esters is 1. The van der Waals surface area contributed by atoms with Gasteiger partial charge in [-0.3, -0.25) is 4.79 Å². The van der Waals surface area contributed by atoms with Crippen LogP contribution in [-0.2, 0) is 9.53 Å². The van der Waals surface area contributed by atoms with Crippen LogP contribution in [0.1, 0.15) is 24.4 Å². The first-order chi connectivity index (χ1) is 11.5. The second-order valence-corrected chi connectivity index (χ2v) is 5.60. The molecule has 0 aliphatic heterocycles. The molecule has 1 aromatic heterocycles. The first-order valence-corrected chi connectivity index (χ1v) is 7.76. The fourth-order valence-electron chi connectivity index (χ4n) is 2.41. The molecule has 0 aliphatic rings. The van der Waals surface area contributed by atoms with Crippen molar-refractivity contribution < 1.29 is 24.2 Å². The molecule has 1 aromatic carbocycles. The molecule has 2 aromatic rings. The number of methoxy groups -OCH3 is 1. The van der Waals surface area contributed by atoms with Gasteiger partial charge in [0.05, 0.1) is 25.7 Å². The maximum absolute atomic E-state index is 11.1. The fourth-order valence-corrected chi connectivity index (χ4v) is 2.41. The maximum atomic E-state index is 11.1. The predicted octanol–water partition coefficient (Wildman–Crippen LogP) is 2.94. The van der Waals surface area contributed by atoms with Crippen LogP contribution in [0.25, 0.3) is 17.2 Å². The van der Waals surface area contributed by atoms with Crippen LogP contribution in [0, 0.1) is 6.92 Å². The second kappa shape index (κ2) is 8.47. The van der Waals surface area contributed by atoms with Crippen LogP contribution in [0.5, 0.6) is 0 Å². The third-order valence-electron chi connectivity index (χ3n) is 3.58. The van der Waals surface area contributed by atoms with E-state index in [1.165, 1.54) is 7.11 Å². The average Bonchev–Trinajstić information content (AvgIpc) is 2.94. The zero-order chi connectivity index (χ0) is 17.5. The van der Waals surface area contributed by atoms with E-state index in [2.05, 4.69) is 4.74 Å². The van der Waals surface area contributed by atoms with Gasteiger partial charge in [-0.2, -0.15) is 0 Å². The Morgan fingerprint density at radius 3 is 2.67 bits per heavy atom. The monoisotopic (exact) mass is 330 g/mol. The SMILES string of the molecule is COC(=O)C[C@@H](O)C[C@H](O)/C=C/c1oc(C)cc1-c1ccccc1. The van der Waals surface area contributed by atoms with Crippen LogP contribution in [0.4, 0.5) is 0 Å². The highest BCUT2D eigenvalue weighted by atomic mass is 16.5. The summed E-state index contributed by atoms with van der Waals surface area (Å²) >= 11 is 0. The van der Waals surface area contributed by atoms with E-state index in [4.69, 9.17) is 4.42 Å². The summed E-state index contributed by atoms with van der Waals surface area (Å²) in [7, 11) is 1.26. The van der Waals surface area contributed by atoms with Crippen molar-refractivity contribution in [1.82, 2.24) is 0 Å². The Kier molecular flexibility index (Phi) is 6.35. The minimum atomic E-state index is -0.955. The number of rotatable bonds is 7. The standard InChI is InChI=1S/C19H22O5/c1-13-10-17(14-6-4-3-5-7-14)18(24-13)9-8-15(20)11-16(21)12-19(22)23-2/h3-10,15-16,20-21H,11-12H2,1-2H3/b9-8+/t15-,16+/m1/s1. The minimum absolute atomic E-state index is 0.0476. The number of carbonyl (C=O) groups is 1. The molecule has 0 bridgehead atoms. The van der Waals surface area contributed by atoms with Gasteiger partial charge in [0, 0.05) is 12.0 Å². The van der Waals surface area contributed by atoms with Crippen molar-refractivity contribution >= 4 is 12.0 Å². The summed E-state index contributed by atoms with van der Waals surface area (Å²) in [6.07, 6.45) is 1.29. The Morgan fingerprint density at radius 2 is 2.00 bits per heavy atom. The van der Waals surface area contributed by atoms with Gasteiger partial charge in [-0.1, -0.05) is 36.4 Å². The molecule has 0 saturated heterocycles. The number of carbonyl (C=O) groups excluding carboxylic acids is 1. The third kappa shape index (κ3) is 5.08. The molecular weight excluding hydrogens is 308 g/mol. The van der Waals surface area contributed by atoms with Gasteiger partial charge in [-0.25, -0.2) is 0 Å². The summed E-state index contributed by atoms with van der Waals surface area (Å²) in [5, 5.41) is 19.7. The molecule has 5 nitrogen and oxygen atoms in total. The number of furan rings is 1. The fraction of sp³-hybridized carbons (Fsp3) is 0.316. The van der Waals surface area contributed by atoms with E-state index in [-0.39, 0.29) is 12.8 Å². The molecule has 1 heterocycles. The smallest absolute Gasteiger partial charge is 0.308 e. The molecular formula is C19H22O5. The molecule has 0 spiro atoms. The van der Waals surface area contributed by atoms with E-state index in [1.807, 2.05) is 43.3 Å². The molecule has 0 saturated carbocycles. The zero-order valence-electron chi connectivity index (χ0n) is 13.8. The predicted molar refractivity (Wildman–Crippen MR) is 91.2 cm³/mol. The molecule has 0 amide bonds. The summed E-state index contributed by atoms with van der Waals surface area (Å²) in [4.78, 5) is 11.1. The lowest BCUT2D eigenvalue weighted by Crippen LogP contribution is -2.20. The van der Waals surface area contributed by atoms with Crippen LogP contribution in [-0.4, -0.2) is 35.5 Å². The molecule has 24 heavy (non-hydrogen) atoms. The lowest BCUT2D eigenvalue weighted by atomic mass is 10.0. The Hall–Kier alpha value is -2.37. The van der Waals surface area contributed by atoms with Gasteiger partial charge in [-0.15, -0.1) is 0 Å². The number of hydrogen-bond acceptors (Lipinski definition) is 5. The van der Waals surface area contributed by atoms with Crippen molar-refractivity contribution in [2.24, 2.45) is 0 Å². The second-order valence-electron chi connectivity index (χ2n) is 5.60. The first kappa shape index (κ1) is 18.0. The molecule has 2 atom stereocenters. The van der Waals surface area contributed by atoms with Gasteiger partial charge in [0.25, 0.3) is 0 Å². The molecule has 0 fully saturated rings. The zero-order valence-corrected chi connectivity index (χ0v) is 13.8. The largest absolute Gasteiger partial charge is 0.469 e. The third-order valence-corrected chi connectivity index (χ3v) is 3.58. The summed E-state index contributed by atoms with van der Waals surface area (Å²) in [6.45, 7) is 1.86. The van der Waals surface area contributed by atoms with E-state index in [0.717, 1.165) is 16.9 Å². The van der Waals surface area contributed by atoms with Gasteiger partial charge in [0.1, 0.15) is 11.5 Å². The minimum Gasteiger partial charge on any atom is -0.469 e. The van der Waals surface area contributed by atoms with Crippen molar-refractivity contribution in [3.05, 3.63) is 54.0 Å². The van der Waals surface area contributed by atoms with E-state index in [9.17, 15) is 15.0 Å². The van der Waals surface area contributed by atoms with Gasteiger partial charge in [0.15, 0.2) is 0 Å². The van der Waals surface area contributed by atoms with E-state index >= 15 is 0 Å². The Bertz CT molecular complexity index is 687. The number of aliphatic hydroxyl groups excluding tert-OH is 2. The summed E-state index contributed by atoms with van der Waals surface area (Å²) in [5.74, 6) is 0.903. The summed E-state index contributed by atoms with van der Waals surface area (Å²) in [5.41, 5.74) is 1.96. The highest BCUT2D eigenvalue weighted by molar-refractivity contribution is 5.73. The number of hydrogen-bond donors (Lipinski definition) is 2. The van der Waals surface area contributed by atoms with Gasteiger partial charge in [-0.05, 0) is 24.6 Å². The van der Waals surface area contributed by atoms with Crippen LogP contribution < -0.4 is 0 Å². The molecule has 128 valence electrons. The highest BCUT2D eigenvalue weighted by Crippen LogP contribution is 2.28. The van der Waals surface area contributed by atoms with Crippen molar-refractivity contribution in [1.29, 1.82) is 0 Å². The molecule has 5 heteroatoms. The molecule has 0 unspecified atom stereocenters. The van der Waals surface area contributed by atoms with Crippen molar-refractivity contribution in [2.75, 3.05) is 7.11 Å². The lowest BCUT2D eigenvalue weighted by molar-refractivity contribution is -0.143. The molecule has 2 rings (SSSR count). The summed E-state index contributed by atoms with van der Waals surface area (Å²) < 4.78 is 10.2. The molecule has 2 N–H and O–H groups in total. The van der Waals surface area contributed by atoms with Crippen molar-refractivity contribution in [3.63, 3.8) is 0 Å². The van der Waals surface area contributed by atoms with Crippen LogP contribution in [0.2, 0.25) is 0 Å². The summed E-state index contributed by atoms with van der Waals surface area (Å²) in [6, 6.07) is 11.7. The number of ether oxygens (including phenoxy) is 1. The Balaban J connectivity index is 2.05. The van der Waals surface area contributed by atoms with Crippen molar-refractivity contribution in [2.45, 2.75) is 32.0 Å². The van der Waals surface area contributed by atoms with Crippen LogP contribution in [0.15, 0.2) is 46.9 Å². The van der Waals surface area contributed by atoms with E-state index < -0.39 is 18.2 Å². The van der Waals surface area contributed by atoms with Gasteiger partial charge < -0.3 is 19.4 Å². The lowest BCUT2D eigenvalue weighted by Gasteiger charge is -2.11. The first-order valence-electron chi connectivity index (χ1n) is 7.76. The van der Waals surface area contributed by atoms with Crippen LogP contribution in [0.3, 0.4) is 0 Å².